The number of para-hydroxylation sites is 1. The zero-order valence-corrected chi connectivity index (χ0v) is 16.9. The Morgan fingerprint density at radius 3 is 2.34 bits per heavy atom. The first-order valence-corrected chi connectivity index (χ1v) is 10.6. The minimum absolute atomic E-state index is 0.127. The highest BCUT2D eigenvalue weighted by atomic mass is 32.2. The number of hydrogen-bond acceptors (Lipinski definition) is 3. The van der Waals surface area contributed by atoms with Crippen LogP contribution in [0.4, 0.5) is 15.8 Å². The van der Waals surface area contributed by atoms with Gasteiger partial charge in [-0.2, -0.15) is 0 Å². The number of anilines is 2. The number of nitrogens with one attached hydrogen (secondary N) is 2. The van der Waals surface area contributed by atoms with Crippen LogP contribution in [0.25, 0.3) is 0 Å². The number of hydrogen-bond donors (Lipinski definition) is 2. The molecule has 0 aromatic heterocycles. The van der Waals surface area contributed by atoms with Crippen LogP contribution in [0.3, 0.4) is 0 Å². The number of benzene rings is 3. The van der Waals surface area contributed by atoms with E-state index in [0.717, 1.165) is 18.1 Å². The minimum atomic E-state index is -4.06. The second-order valence-electron chi connectivity index (χ2n) is 6.57. The van der Waals surface area contributed by atoms with Crippen molar-refractivity contribution in [3.8, 4) is 0 Å². The quantitative estimate of drug-likeness (QED) is 0.614. The predicted octanol–water partition coefficient (Wildman–Crippen LogP) is 4.75. The molecule has 29 heavy (non-hydrogen) atoms. The molecule has 150 valence electrons. The van der Waals surface area contributed by atoms with Crippen molar-refractivity contribution in [2.75, 3.05) is 10.0 Å². The van der Waals surface area contributed by atoms with Gasteiger partial charge in [-0.3, -0.25) is 9.52 Å². The molecule has 0 saturated heterocycles. The third-order valence-corrected chi connectivity index (χ3v) is 5.87. The highest BCUT2D eigenvalue weighted by molar-refractivity contribution is 7.92. The van der Waals surface area contributed by atoms with Crippen molar-refractivity contribution < 1.29 is 17.6 Å². The van der Waals surface area contributed by atoms with E-state index in [1.54, 1.807) is 25.1 Å². The molecule has 0 aliphatic heterocycles. The first-order chi connectivity index (χ1) is 13.8. The molecule has 5 nitrogen and oxygen atoms in total. The van der Waals surface area contributed by atoms with E-state index in [-0.39, 0.29) is 16.1 Å². The van der Waals surface area contributed by atoms with E-state index in [2.05, 4.69) is 10.0 Å². The smallest absolute Gasteiger partial charge is 0.262 e. The molecular formula is C22H21FN2O3S. The fraction of sp³-hybridized carbons (Fsp3) is 0.136. The Kier molecular flexibility index (Phi) is 5.98. The Morgan fingerprint density at radius 2 is 1.69 bits per heavy atom. The lowest BCUT2D eigenvalue weighted by molar-refractivity contribution is 0.102. The van der Waals surface area contributed by atoms with E-state index in [1.807, 2.05) is 19.1 Å². The molecule has 0 radical (unpaired) electrons. The summed E-state index contributed by atoms with van der Waals surface area (Å²) in [7, 11) is -4.06. The second-order valence-corrected chi connectivity index (χ2v) is 8.25. The van der Waals surface area contributed by atoms with E-state index in [1.165, 1.54) is 30.3 Å². The average Bonchev–Trinajstić information content (AvgIpc) is 2.70. The van der Waals surface area contributed by atoms with Crippen LogP contribution < -0.4 is 10.0 Å². The Morgan fingerprint density at radius 1 is 1.00 bits per heavy atom. The Bertz CT molecular complexity index is 1140. The van der Waals surface area contributed by atoms with E-state index < -0.39 is 21.7 Å². The van der Waals surface area contributed by atoms with E-state index in [4.69, 9.17) is 0 Å². The number of aryl methyl sites for hydroxylation is 2. The van der Waals surface area contributed by atoms with Gasteiger partial charge >= 0.3 is 0 Å². The summed E-state index contributed by atoms with van der Waals surface area (Å²) in [6, 6.07) is 17.1. The van der Waals surface area contributed by atoms with Gasteiger partial charge in [0.05, 0.1) is 10.6 Å². The fourth-order valence-corrected chi connectivity index (χ4v) is 3.88. The van der Waals surface area contributed by atoms with Gasteiger partial charge < -0.3 is 5.32 Å². The maximum absolute atomic E-state index is 13.8. The molecular weight excluding hydrogens is 391 g/mol. The monoisotopic (exact) mass is 412 g/mol. The minimum Gasteiger partial charge on any atom is -0.322 e. The first kappa shape index (κ1) is 20.5. The van der Waals surface area contributed by atoms with Crippen molar-refractivity contribution in [3.63, 3.8) is 0 Å². The molecule has 0 heterocycles. The maximum atomic E-state index is 13.8. The highest BCUT2D eigenvalue weighted by Crippen LogP contribution is 2.22. The number of rotatable bonds is 6. The van der Waals surface area contributed by atoms with Crippen LogP contribution in [0.15, 0.2) is 71.6 Å². The van der Waals surface area contributed by atoms with Crippen LogP contribution in [0.2, 0.25) is 0 Å². The second kappa shape index (κ2) is 8.45. The average molecular weight is 412 g/mol. The number of sulfonamides is 1. The van der Waals surface area contributed by atoms with Crippen molar-refractivity contribution in [1.29, 1.82) is 0 Å². The van der Waals surface area contributed by atoms with Gasteiger partial charge in [0, 0.05) is 11.3 Å². The van der Waals surface area contributed by atoms with Gasteiger partial charge in [-0.05, 0) is 60.9 Å². The van der Waals surface area contributed by atoms with Crippen molar-refractivity contribution in [2.45, 2.75) is 25.2 Å². The number of amides is 1. The molecule has 0 atom stereocenters. The van der Waals surface area contributed by atoms with Crippen LogP contribution in [0, 0.1) is 12.7 Å². The number of halogens is 1. The molecule has 3 rings (SSSR count). The van der Waals surface area contributed by atoms with Crippen molar-refractivity contribution in [1.82, 2.24) is 0 Å². The predicted molar refractivity (Wildman–Crippen MR) is 112 cm³/mol. The SMILES string of the molecule is CCc1ccc(NC(=O)c2cc(S(=O)(=O)Nc3ccccc3F)ccc2C)cc1. The molecule has 3 aromatic rings. The molecule has 1 amide bonds. The van der Waals surface area contributed by atoms with Crippen molar-refractivity contribution in [3.05, 3.63) is 89.2 Å². The molecule has 0 unspecified atom stereocenters. The number of carbonyl (C=O) groups is 1. The molecule has 0 fully saturated rings. The van der Waals surface area contributed by atoms with Crippen molar-refractivity contribution in [2.24, 2.45) is 0 Å². The van der Waals surface area contributed by atoms with E-state index in [9.17, 15) is 17.6 Å². The van der Waals surface area contributed by atoms with Gasteiger partial charge in [0.1, 0.15) is 5.82 Å². The molecule has 0 spiro atoms. The lowest BCUT2D eigenvalue weighted by Crippen LogP contribution is -2.17. The van der Waals surface area contributed by atoms with Crippen molar-refractivity contribution >= 4 is 27.3 Å². The molecule has 2 N–H and O–H groups in total. The zero-order valence-electron chi connectivity index (χ0n) is 16.1. The normalized spacial score (nSPS) is 11.1. The van der Waals surface area contributed by atoms with Crippen LogP contribution in [0.5, 0.6) is 0 Å². The van der Waals surface area contributed by atoms with E-state index >= 15 is 0 Å². The summed E-state index contributed by atoms with van der Waals surface area (Å²) in [4.78, 5) is 12.6. The lowest BCUT2D eigenvalue weighted by Gasteiger charge is -2.12. The van der Waals surface area contributed by atoms with Gasteiger partial charge in [-0.1, -0.05) is 37.3 Å². The highest BCUT2D eigenvalue weighted by Gasteiger charge is 2.19. The summed E-state index contributed by atoms with van der Waals surface area (Å²) in [5, 5.41) is 2.77. The standard InChI is InChI=1S/C22H21FN2O3S/c1-3-16-9-11-17(12-10-16)24-22(26)19-14-18(13-8-15(19)2)29(27,28)25-21-7-5-4-6-20(21)23/h4-14,25H,3H2,1-2H3,(H,24,26). The zero-order chi connectivity index (χ0) is 21.0. The molecule has 0 aliphatic rings. The summed E-state index contributed by atoms with van der Waals surface area (Å²) < 4.78 is 41.3. The summed E-state index contributed by atoms with van der Waals surface area (Å²) in [6.07, 6.45) is 0.891. The summed E-state index contributed by atoms with van der Waals surface area (Å²) in [5.41, 5.74) is 2.45. The van der Waals surface area contributed by atoms with E-state index in [0.29, 0.717) is 11.3 Å². The molecule has 3 aromatic carbocycles. The lowest BCUT2D eigenvalue weighted by atomic mass is 10.1. The Balaban J connectivity index is 1.86. The molecule has 0 saturated carbocycles. The van der Waals surface area contributed by atoms with Gasteiger partial charge in [0.2, 0.25) is 0 Å². The fourth-order valence-electron chi connectivity index (χ4n) is 2.78. The van der Waals surface area contributed by atoms with Crippen LogP contribution in [-0.4, -0.2) is 14.3 Å². The van der Waals surface area contributed by atoms with Gasteiger partial charge in [0.25, 0.3) is 15.9 Å². The largest absolute Gasteiger partial charge is 0.322 e. The third-order valence-electron chi connectivity index (χ3n) is 4.50. The van der Waals surface area contributed by atoms with Crippen LogP contribution in [0.1, 0.15) is 28.4 Å². The molecule has 0 aliphatic carbocycles. The summed E-state index contributed by atoms with van der Waals surface area (Å²) in [5.74, 6) is -1.11. The topological polar surface area (TPSA) is 75.3 Å². The summed E-state index contributed by atoms with van der Waals surface area (Å²) >= 11 is 0. The summed E-state index contributed by atoms with van der Waals surface area (Å²) in [6.45, 7) is 3.76. The number of carbonyl (C=O) groups excluding carboxylic acids is 1. The third kappa shape index (κ3) is 4.81. The Labute approximate surface area is 169 Å². The van der Waals surface area contributed by atoms with Crippen LogP contribution >= 0.6 is 0 Å². The van der Waals surface area contributed by atoms with Crippen LogP contribution in [-0.2, 0) is 16.4 Å². The molecule has 7 heteroatoms. The van der Waals surface area contributed by atoms with Gasteiger partial charge in [-0.25, -0.2) is 12.8 Å². The Hall–Kier alpha value is -3.19. The maximum Gasteiger partial charge on any atom is 0.262 e. The van der Waals surface area contributed by atoms with Gasteiger partial charge in [-0.15, -0.1) is 0 Å². The van der Waals surface area contributed by atoms with Gasteiger partial charge in [0.15, 0.2) is 0 Å². The first-order valence-electron chi connectivity index (χ1n) is 9.08. The molecule has 0 bridgehead atoms.